The van der Waals surface area contributed by atoms with Crippen LogP contribution in [0, 0.1) is 0 Å². The van der Waals surface area contributed by atoms with Gasteiger partial charge in [-0.2, -0.15) is 4.99 Å². The van der Waals surface area contributed by atoms with E-state index in [1.807, 2.05) is 0 Å². The van der Waals surface area contributed by atoms with Crippen molar-refractivity contribution in [2.24, 2.45) is 21.5 Å². The number of nitrogens with one attached hydrogen (secondary N) is 3. The van der Waals surface area contributed by atoms with E-state index < -0.39 is 11.6 Å². The predicted octanol–water partition coefficient (Wildman–Crippen LogP) is 1.12. The van der Waals surface area contributed by atoms with E-state index in [0.29, 0.717) is 41.9 Å². The Hall–Kier alpha value is -4.71. The largest absolute Gasteiger partial charge is 0.383 e. The van der Waals surface area contributed by atoms with Gasteiger partial charge in [0.05, 0.1) is 12.2 Å². The van der Waals surface area contributed by atoms with Gasteiger partial charge in [0, 0.05) is 24.8 Å². The minimum absolute atomic E-state index is 0.166. The molecule has 0 spiro atoms. The molecule has 0 aliphatic carbocycles. The number of nitrogens with two attached hydrogens (primary N) is 2. The minimum atomic E-state index is -1.19. The Bertz CT molecular complexity index is 1220. The summed E-state index contributed by atoms with van der Waals surface area (Å²) in [5, 5.41) is 18.6. The third-order valence-corrected chi connectivity index (χ3v) is 5.71. The van der Waals surface area contributed by atoms with Gasteiger partial charge in [-0.1, -0.05) is 18.7 Å². The first kappa shape index (κ1) is 26.9. The zero-order valence-electron chi connectivity index (χ0n) is 20.4. The lowest BCUT2D eigenvalue weighted by atomic mass is 9.85. The standard InChI is InChI=1S/C25H30N8O4/c1-3-20(34)33-14-4-13-25(37,15-33)17-7-11-19(12-8-17)30-24(36)32-23(27)31-22(26)29-18-9-5-16(6-10-18)21(35)28-2/h3,5-12,37H,1,4,13-15H2,2H3,(H,28,35)(H6,26,27,29,30,31,32,36). The number of hydrogen-bond acceptors (Lipinski definition) is 5. The molecule has 3 rings (SSSR count). The number of anilines is 1. The first-order valence-electron chi connectivity index (χ1n) is 11.5. The summed E-state index contributed by atoms with van der Waals surface area (Å²) in [7, 11) is 1.53. The van der Waals surface area contributed by atoms with Gasteiger partial charge in [-0.25, -0.2) is 9.79 Å². The molecular formula is C25H30N8O4. The first-order valence-corrected chi connectivity index (χ1v) is 11.5. The molecule has 1 fully saturated rings. The first-order chi connectivity index (χ1) is 17.6. The van der Waals surface area contributed by atoms with Gasteiger partial charge in [0.25, 0.3) is 5.91 Å². The zero-order chi connectivity index (χ0) is 27.0. The highest BCUT2D eigenvalue weighted by atomic mass is 16.3. The predicted molar refractivity (Wildman–Crippen MR) is 141 cm³/mol. The van der Waals surface area contributed by atoms with Gasteiger partial charge in [-0.05, 0) is 60.9 Å². The topological polar surface area (TPSA) is 188 Å². The van der Waals surface area contributed by atoms with E-state index in [0.717, 1.165) is 0 Å². The summed E-state index contributed by atoms with van der Waals surface area (Å²) >= 11 is 0. The molecule has 1 saturated heterocycles. The monoisotopic (exact) mass is 506 g/mol. The Balaban J connectivity index is 1.58. The van der Waals surface area contributed by atoms with Crippen molar-refractivity contribution in [2.75, 3.05) is 25.5 Å². The van der Waals surface area contributed by atoms with Crippen LogP contribution < -0.4 is 27.4 Å². The van der Waals surface area contributed by atoms with Gasteiger partial charge in [0.2, 0.25) is 17.8 Å². The second kappa shape index (κ2) is 11.8. The van der Waals surface area contributed by atoms with E-state index in [1.165, 1.54) is 13.1 Å². The number of amides is 4. The molecule has 8 N–H and O–H groups in total. The van der Waals surface area contributed by atoms with Crippen molar-refractivity contribution in [3.8, 4) is 0 Å². The summed E-state index contributed by atoms with van der Waals surface area (Å²) < 4.78 is 0. The molecule has 0 bridgehead atoms. The molecule has 194 valence electrons. The molecule has 12 nitrogen and oxygen atoms in total. The summed E-state index contributed by atoms with van der Waals surface area (Å²) in [6.45, 7) is 4.23. The molecule has 0 aromatic heterocycles. The molecule has 1 aliphatic heterocycles. The smallest absolute Gasteiger partial charge is 0.325 e. The SMILES string of the molecule is C=CC(=O)N1CCCC(O)(c2ccc(NC(=O)N/C(N)=N\C(N)=Nc3ccc(C(=O)NC)cc3)cc2)C1. The van der Waals surface area contributed by atoms with Crippen LogP contribution in [-0.4, -0.2) is 59.9 Å². The summed E-state index contributed by atoms with van der Waals surface area (Å²) in [5.41, 5.74) is 12.3. The molecule has 2 aromatic carbocycles. The molecule has 1 unspecified atom stereocenters. The minimum Gasteiger partial charge on any atom is -0.383 e. The van der Waals surface area contributed by atoms with E-state index in [4.69, 9.17) is 11.5 Å². The van der Waals surface area contributed by atoms with Crippen LogP contribution in [0.15, 0.2) is 71.2 Å². The lowest BCUT2D eigenvalue weighted by molar-refractivity contribution is -0.133. The van der Waals surface area contributed by atoms with E-state index >= 15 is 0 Å². The fourth-order valence-electron chi connectivity index (χ4n) is 3.87. The number of benzene rings is 2. The van der Waals surface area contributed by atoms with Crippen molar-refractivity contribution in [1.29, 1.82) is 0 Å². The van der Waals surface area contributed by atoms with Gasteiger partial charge < -0.3 is 32.1 Å². The number of aliphatic imine (C=N–C) groups is 2. The molecule has 37 heavy (non-hydrogen) atoms. The van der Waals surface area contributed by atoms with E-state index in [9.17, 15) is 19.5 Å². The number of piperidine rings is 1. The number of hydrogen-bond donors (Lipinski definition) is 6. The maximum Gasteiger partial charge on any atom is 0.325 e. The zero-order valence-corrected chi connectivity index (χ0v) is 20.4. The molecule has 12 heteroatoms. The molecule has 2 aromatic rings. The summed E-state index contributed by atoms with van der Waals surface area (Å²) in [5.74, 6) is -0.926. The normalized spacial score (nSPS) is 18.1. The Kier molecular flexibility index (Phi) is 8.59. The quantitative estimate of drug-likeness (QED) is 0.200. The maximum absolute atomic E-state index is 12.3. The molecule has 4 amide bonds. The number of urea groups is 1. The highest BCUT2D eigenvalue weighted by Gasteiger charge is 2.36. The lowest BCUT2D eigenvalue weighted by Crippen LogP contribution is -2.48. The maximum atomic E-state index is 12.3. The van der Waals surface area contributed by atoms with Gasteiger partial charge in [0.15, 0.2) is 0 Å². The molecule has 0 saturated carbocycles. The molecular weight excluding hydrogens is 476 g/mol. The van der Waals surface area contributed by atoms with Crippen LogP contribution in [0.4, 0.5) is 16.2 Å². The van der Waals surface area contributed by atoms with Crippen molar-refractivity contribution in [1.82, 2.24) is 15.5 Å². The number of carbonyl (C=O) groups excluding carboxylic acids is 3. The molecule has 1 heterocycles. The van der Waals surface area contributed by atoms with Crippen LogP contribution in [0.1, 0.15) is 28.8 Å². The summed E-state index contributed by atoms with van der Waals surface area (Å²) in [4.78, 5) is 45.3. The molecule has 1 atom stereocenters. The lowest BCUT2D eigenvalue weighted by Gasteiger charge is -2.39. The number of aliphatic hydroxyl groups is 1. The van der Waals surface area contributed by atoms with Crippen LogP contribution in [0.2, 0.25) is 0 Å². The third kappa shape index (κ3) is 7.15. The Morgan fingerprint density at radius 2 is 1.78 bits per heavy atom. The number of guanidine groups is 2. The number of nitrogens with zero attached hydrogens (tertiary/aromatic N) is 3. The number of β-amino-alcohol motifs (C(OH)–C–C–N with tert-alkyl or cyclic N) is 1. The van der Waals surface area contributed by atoms with Gasteiger partial charge in [0.1, 0.15) is 5.60 Å². The van der Waals surface area contributed by atoms with Crippen LogP contribution in [0.5, 0.6) is 0 Å². The molecule has 1 aliphatic rings. The molecule has 0 radical (unpaired) electrons. The average Bonchev–Trinajstić information content (AvgIpc) is 2.88. The fraction of sp³-hybridized carbons (Fsp3) is 0.240. The van der Waals surface area contributed by atoms with Crippen LogP contribution >= 0.6 is 0 Å². The number of carbonyl (C=O) groups is 3. The van der Waals surface area contributed by atoms with Crippen molar-refractivity contribution in [2.45, 2.75) is 18.4 Å². The van der Waals surface area contributed by atoms with Crippen molar-refractivity contribution >= 4 is 41.1 Å². The van der Waals surface area contributed by atoms with Crippen molar-refractivity contribution in [3.63, 3.8) is 0 Å². The number of likely N-dealkylation sites (tertiary alicyclic amines) is 1. The van der Waals surface area contributed by atoms with Crippen LogP contribution in [0.25, 0.3) is 0 Å². The second-order valence-electron chi connectivity index (χ2n) is 8.35. The number of rotatable bonds is 5. The van der Waals surface area contributed by atoms with Crippen molar-refractivity contribution < 1.29 is 19.5 Å². The summed E-state index contributed by atoms with van der Waals surface area (Å²) in [6, 6.07) is 12.3. The Morgan fingerprint density at radius 3 is 2.41 bits per heavy atom. The van der Waals surface area contributed by atoms with Crippen molar-refractivity contribution in [3.05, 3.63) is 72.3 Å². The van der Waals surface area contributed by atoms with Gasteiger partial charge in [-0.15, -0.1) is 0 Å². The highest BCUT2D eigenvalue weighted by molar-refractivity contribution is 6.05. The van der Waals surface area contributed by atoms with Crippen LogP contribution in [0.3, 0.4) is 0 Å². The van der Waals surface area contributed by atoms with Crippen LogP contribution in [-0.2, 0) is 10.4 Å². The van der Waals surface area contributed by atoms with Gasteiger partial charge in [-0.3, -0.25) is 14.9 Å². The Morgan fingerprint density at radius 1 is 1.11 bits per heavy atom. The fourth-order valence-corrected chi connectivity index (χ4v) is 3.87. The van der Waals surface area contributed by atoms with E-state index in [1.54, 1.807) is 53.4 Å². The van der Waals surface area contributed by atoms with E-state index in [-0.39, 0.29) is 30.3 Å². The third-order valence-electron chi connectivity index (χ3n) is 5.71. The van der Waals surface area contributed by atoms with Gasteiger partial charge >= 0.3 is 6.03 Å². The van der Waals surface area contributed by atoms with E-state index in [2.05, 4.69) is 32.5 Å². The summed E-state index contributed by atoms with van der Waals surface area (Å²) in [6.07, 6.45) is 2.40. The Labute approximate surface area is 214 Å². The second-order valence-corrected chi connectivity index (χ2v) is 8.35. The average molecular weight is 507 g/mol. The highest BCUT2D eigenvalue weighted by Crippen LogP contribution is 2.32.